The van der Waals surface area contributed by atoms with Crippen LogP contribution in [0.4, 0.5) is 0 Å². The molecular weight excluding hydrogens is 262 g/mol. The predicted octanol–water partition coefficient (Wildman–Crippen LogP) is 2.29. The van der Waals surface area contributed by atoms with E-state index in [1.165, 1.54) is 12.0 Å². The number of pyridine rings is 1. The lowest BCUT2D eigenvalue weighted by atomic mass is 10.1. The van der Waals surface area contributed by atoms with Crippen LogP contribution in [0.2, 0.25) is 0 Å². The normalized spacial score (nSPS) is 12.8. The molecule has 0 spiro atoms. The van der Waals surface area contributed by atoms with Crippen molar-refractivity contribution in [2.24, 2.45) is 0 Å². The highest BCUT2D eigenvalue weighted by atomic mass is 15.1. The zero-order valence-electron chi connectivity index (χ0n) is 13.1. The van der Waals surface area contributed by atoms with Gasteiger partial charge in [-0.2, -0.15) is 5.10 Å². The third-order valence-electron chi connectivity index (χ3n) is 3.97. The monoisotopic (exact) mass is 287 g/mol. The summed E-state index contributed by atoms with van der Waals surface area (Å²) in [6.45, 7) is 7.32. The molecule has 21 heavy (non-hydrogen) atoms. The van der Waals surface area contributed by atoms with Gasteiger partial charge in [-0.3, -0.25) is 10.1 Å². The Hall–Kier alpha value is -1.72. The van der Waals surface area contributed by atoms with Crippen molar-refractivity contribution in [1.29, 1.82) is 0 Å². The van der Waals surface area contributed by atoms with Crippen molar-refractivity contribution in [2.75, 3.05) is 20.1 Å². The van der Waals surface area contributed by atoms with Crippen LogP contribution in [0.5, 0.6) is 0 Å². The second-order valence-electron chi connectivity index (χ2n) is 5.43. The van der Waals surface area contributed by atoms with Gasteiger partial charge in [-0.05, 0) is 32.5 Å². The average molecular weight is 287 g/mol. The van der Waals surface area contributed by atoms with Crippen LogP contribution in [0.1, 0.15) is 25.8 Å². The maximum atomic E-state index is 4.16. The first-order valence-corrected chi connectivity index (χ1v) is 7.56. The van der Waals surface area contributed by atoms with E-state index in [-0.39, 0.29) is 0 Å². The van der Waals surface area contributed by atoms with Gasteiger partial charge < -0.3 is 10.2 Å². The topological polar surface area (TPSA) is 56.8 Å². The summed E-state index contributed by atoms with van der Waals surface area (Å²) in [4.78, 5) is 6.53. The van der Waals surface area contributed by atoms with Crippen LogP contribution in [0.15, 0.2) is 30.7 Å². The highest BCUT2D eigenvalue weighted by Gasteiger charge is 2.08. The maximum absolute atomic E-state index is 4.16. The molecule has 2 aromatic heterocycles. The summed E-state index contributed by atoms with van der Waals surface area (Å²) in [5.74, 6) is 0. The number of aromatic nitrogens is 3. The maximum Gasteiger partial charge on any atom is 0.0710 e. The number of aromatic amines is 1. The number of likely N-dealkylation sites (N-methyl/N-ethyl adjacent to an activating group) is 1. The molecule has 0 radical (unpaired) electrons. The van der Waals surface area contributed by atoms with E-state index in [9.17, 15) is 0 Å². The molecule has 5 nitrogen and oxygen atoms in total. The molecule has 0 amide bonds. The lowest BCUT2D eigenvalue weighted by Gasteiger charge is -2.23. The zero-order chi connectivity index (χ0) is 15.1. The Bertz CT molecular complexity index is 522. The van der Waals surface area contributed by atoms with Crippen molar-refractivity contribution < 1.29 is 0 Å². The molecule has 2 rings (SSSR count). The number of nitrogens with one attached hydrogen (secondary N) is 2. The quantitative estimate of drug-likeness (QED) is 0.731. The van der Waals surface area contributed by atoms with Crippen LogP contribution in [0, 0.1) is 0 Å². The van der Waals surface area contributed by atoms with E-state index in [1.807, 2.05) is 24.5 Å². The van der Waals surface area contributed by atoms with E-state index in [1.54, 1.807) is 6.20 Å². The van der Waals surface area contributed by atoms with Crippen LogP contribution in [-0.2, 0) is 6.54 Å². The summed E-state index contributed by atoms with van der Waals surface area (Å²) < 4.78 is 0. The molecule has 0 fully saturated rings. The Morgan fingerprint density at radius 3 is 2.95 bits per heavy atom. The molecule has 0 aliphatic heterocycles. The van der Waals surface area contributed by atoms with E-state index in [0.29, 0.717) is 6.04 Å². The second-order valence-corrected chi connectivity index (χ2v) is 5.43. The fourth-order valence-electron chi connectivity index (χ4n) is 2.22. The Labute approximate surface area is 126 Å². The minimum atomic E-state index is 0.631. The Morgan fingerprint density at radius 2 is 2.24 bits per heavy atom. The zero-order valence-corrected chi connectivity index (χ0v) is 13.1. The molecule has 0 saturated heterocycles. The highest BCUT2D eigenvalue weighted by molar-refractivity contribution is 5.61. The Kier molecular flexibility index (Phi) is 5.90. The van der Waals surface area contributed by atoms with E-state index in [0.717, 1.165) is 30.9 Å². The number of hydrogen-bond acceptors (Lipinski definition) is 4. The van der Waals surface area contributed by atoms with Crippen molar-refractivity contribution in [3.05, 3.63) is 36.3 Å². The molecule has 5 heteroatoms. The largest absolute Gasteiger partial charge is 0.311 e. The SMILES string of the molecule is CCC(C)N(C)CCNCc1cn[nH]c1-c1cccnc1. The smallest absolute Gasteiger partial charge is 0.0710 e. The lowest BCUT2D eigenvalue weighted by molar-refractivity contribution is 0.252. The summed E-state index contributed by atoms with van der Waals surface area (Å²) in [5, 5.41) is 10.7. The molecule has 2 N–H and O–H groups in total. The third kappa shape index (κ3) is 4.37. The number of nitrogens with zero attached hydrogens (tertiary/aromatic N) is 3. The van der Waals surface area contributed by atoms with Crippen molar-refractivity contribution >= 4 is 0 Å². The molecular formula is C16H25N5. The molecule has 2 heterocycles. The van der Waals surface area contributed by atoms with E-state index < -0.39 is 0 Å². The van der Waals surface area contributed by atoms with Gasteiger partial charge in [0.2, 0.25) is 0 Å². The number of H-pyrrole nitrogens is 1. The molecule has 1 atom stereocenters. The Morgan fingerprint density at radius 1 is 1.38 bits per heavy atom. The highest BCUT2D eigenvalue weighted by Crippen LogP contribution is 2.19. The van der Waals surface area contributed by atoms with Gasteiger partial charge in [0.25, 0.3) is 0 Å². The summed E-state index contributed by atoms with van der Waals surface area (Å²) in [6, 6.07) is 4.61. The Balaban J connectivity index is 1.84. The predicted molar refractivity (Wildman–Crippen MR) is 85.9 cm³/mol. The molecule has 0 aromatic carbocycles. The third-order valence-corrected chi connectivity index (χ3v) is 3.97. The van der Waals surface area contributed by atoms with Crippen molar-refractivity contribution in [2.45, 2.75) is 32.9 Å². The van der Waals surface area contributed by atoms with E-state index in [4.69, 9.17) is 0 Å². The molecule has 2 aromatic rings. The van der Waals surface area contributed by atoms with Crippen LogP contribution in [-0.4, -0.2) is 46.3 Å². The molecule has 1 unspecified atom stereocenters. The van der Waals surface area contributed by atoms with Crippen molar-refractivity contribution in [1.82, 2.24) is 25.4 Å². The van der Waals surface area contributed by atoms with Crippen LogP contribution < -0.4 is 5.32 Å². The van der Waals surface area contributed by atoms with E-state index >= 15 is 0 Å². The van der Waals surface area contributed by atoms with Gasteiger partial charge in [0.15, 0.2) is 0 Å². The van der Waals surface area contributed by atoms with Crippen molar-refractivity contribution in [3.8, 4) is 11.3 Å². The minimum absolute atomic E-state index is 0.631. The van der Waals surface area contributed by atoms with Gasteiger partial charge in [0.1, 0.15) is 0 Å². The molecule has 0 bridgehead atoms. The fraction of sp³-hybridized carbons (Fsp3) is 0.500. The van der Waals surface area contributed by atoms with Gasteiger partial charge in [-0.1, -0.05) is 6.92 Å². The van der Waals surface area contributed by atoms with Crippen LogP contribution in [0.3, 0.4) is 0 Å². The summed E-state index contributed by atoms with van der Waals surface area (Å²) in [6.07, 6.45) is 6.70. The molecule has 0 aliphatic carbocycles. The molecule has 0 aliphatic rings. The summed E-state index contributed by atoms with van der Waals surface area (Å²) >= 11 is 0. The second kappa shape index (κ2) is 7.90. The van der Waals surface area contributed by atoms with Gasteiger partial charge in [0, 0.05) is 49.2 Å². The van der Waals surface area contributed by atoms with Crippen molar-refractivity contribution in [3.63, 3.8) is 0 Å². The van der Waals surface area contributed by atoms with Gasteiger partial charge in [-0.15, -0.1) is 0 Å². The van der Waals surface area contributed by atoms with Gasteiger partial charge >= 0.3 is 0 Å². The average Bonchev–Trinajstić information content (AvgIpc) is 2.99. The molecule has 0 saturated carbocycles. The molecule has 114 valence electrons. The van der Waals surface area contributed by atoms with Crippen LogP contribution >= 0.6 is 0 Å². The summed E-state index contributed by atoms with van der Waals surface area (Å²) in [5.41, 5.74) is 3.29. The standard InChI is InChI=1S/C16H25N5/c1-4-13(2)21(3)9-8-18-11-15-12-19-20-16(15)14-6-5-7-17-10-14/h5-7,10,12-13,18H,4,8-9,11H2,1-3H3,(H,19,20). The lowest BCUT2D eigenvalue weighted by Crippen LogP contribution is -2.34. The summed E-state index contributed by atoms with van der Waals surface area (Å²) in [7, 11) is 2.18. The van der Waals surface area contributed by atoms with Gasteiger partial charge in [-0.25, -0.2) is 0 Å². The first-order valence-electron chi connectivity index (χ1n) is 7.56. The first kappa shape index (κ1) is 15.7. The fourth-order valence-corrected chi connectivity index (χ4v) is 2.22. The number of hydrogen-bond donors (Lipinski definition) is 2. The van der Waals surface area contributed by atoms with Crippen LogP contribution in [0.25, 0.3) is 11.3 Å². The van der Waals surface area contributed by atoms with E-state index in [2.05, 4.69) is 46.3 Å². The minimum Gasteiger partial charge on any atom is -0.311 e. The number of rotatable bonds is 8. The van der Waals surface area contributed by atoms with Gasteiger partial charge in [0.05, 0.1) is 11.9 Å². The first-order chi connectivity index (χ1) is 10.2.